The highest BCUT2D eigenvalue weighted by atomic mass is 19.1. The molecule has 0 saturated heterocycles. The van der Waals surface area contributed by atoms with E-state index in [9.17, 15) is 4.39 Å². The zero-order chi connectivity index (χ0) is 11.5. The number of hydrogen-bond donors (Lipinski definition) is 0. The average Bonchev–Trinajstić information content (AvgIpc) is 2.32. The number of methoxy groups -OCH3 is 1. The molecule has 2 heteroatoms. The van der Waals surface area contributed by atoms with Crippen LogP contribution in [0.1, 0.15) is 5.56 Å². The lowest BCUT2D eigenvalue weighted by molar-refractivity contribution is 0.415. The van der Waals surface area contributed by atoms with Crippen LogP contribution in [0.15, 0.2) is 42.5 Å². The van der Waals surface area contributed by atoms with E-state index in [2.05, 4.69) is 0 Å². The molecule has 0 spiro atoms. The molecule has 2 aromatic carbocycles. The van der Waals surface area contributed by atoms with Gasteiger partial charge in [-0.05, 0) is 47.9 Å². The predicted molar refractivity (Wildman–Crippen MR) is 63.1 cm³/mol. The van der Waals surface area contributed by atoms with Crippen molar-refractivity contribution in [3.63, 3.8) is 0 Å². The molecule has 82 valence electrons. The largest absolute Gasteiger partial charge is 0.497 e. The van der Waals surface area contributed by atoms with Gasteiger partial charge in [-0.1, -0.05) is 18.2 Å². The number of benzene rings is 2. The van der Waals surface area contributed by atoms with Crippen LogP contribution in [0.5, 0.6) is 5.75 Å². The lowest BCUT2D eigenvalue weighted by Crippen LogP contribution is -1.86. The van der Waals surface area contributed by atoms with Crippen LogP contribution in [0.2, 0.25) is 0 Å². The van der Waals surface area contributed by atoms with Crippen LogP contribution in [0.3, 0.4) is 0 Å². The van der Waals surface area contributed by atoms with Crippen molar-refractivity contribution in [3.8, 4) is 16.9 Å². The second-order valence-corrected chi connectivity index (χ2v) is 3.69. The van der Waals surface area contributed by atoms with E-state index in [-0.39, 0.29) is 5.82 Å². The second-order valence-electron chi connectivity index (χ2n) is 3.69. The number of hydrogen-bond acceptors (Lipinski definition) is 1. The molecule has 0 aliphatic heterocycles. The normalized spacial score (nSPS) is 10.2. The lowest BCUT2D eigenvalue weighted by Gasteiger charge is -2.07. The summed E-state index contributed by atoms with van der Waals surface area (Å²) in [7, 11) is 1.63. The van der Waals surface area contributed by atoms with Crippen molar-refractivity contribution in [2.75, 3.05) is 7.11 Å². The Balaban J connectivity index is 2.45. The van der Waals surface area contributed by atoms with Gasteiger partial charge in [0.15, 0.2) is 0 Å². The SMILES string of the molecule is COc1ccc(-c2cc(F)ccc2C)cc1. The summed E-state index contributed by atoms with van der Waals surface area (Å²) in [5.41, 5.74) is 2.98. The van der Waals surface area contributed by atoms with Crippen LogP contribution in [0.25, 0.3) is 11.1 Å². The van der Waals surface area contributed by atoms with Gasteiger partial charge in [0.05, 0.1) is 7.11 Å². The van der Waals surface area contributed by atoms with Crippen molar-refractivity contribution >= 4 is 0 Å². The van der Waals surface area contributed by atoms with Gasteiger partial charge in [-0.15, -0.1) is 0 Å². The number of halogens is 1. The van der Waals surface area contributed by atoms with E-state index in [4.69, 9.17) is 4.74 Å². The third-order valence-corrected chi connectivity index (χ3v) is 2.60. The predicted octanol–water partition coefficient (Wildman–Crippen LogP) is 3.81. The molecule has 0 aromatic heterocycles. The summed E-state index contributed by atoms with van der Waals surface area (Å²) >= 11 is 0. The van der Waals surface area contributed by atoms with Gasteiger partial charge >= 0.3 is 0 Å². The smallest absolute Gasteiger partial charge is 0.123 e. The highest BCUT2D eigenvalue weighted by Gasteiger charge is 2.03. The molecule has 0 bridgehead atoms. The maximum atomic E-state index is 13.2. The molecule has 0 aliphatic carbocycles. The third kappa shape index (κ3) is 2.06. The highest BCUT2D eigenvalue weighted by molar-refractivity contribution is 5.67. The van der Waals surface area contributed by atoms with E-state index >= 15 is 0 Å². The molecule has 0 aliphatic rings. The van der Waals surface area contributed by atoms with Crippen molar-refractivity contribution in [2.24, 2.45) is 0 Å². The number of aryl methyl sites for hydroxylation is 1. The summed E-state index contributed by atoms with van der Waals surface area (Å²) in [5, 5.41) is 0. The topological polar surface area (TPSA) is 9.23 Å². The summed E-state index contributed by atoms with van der Waals surface area (Å²) in [6.07, 6.45) is 0. The van der Waals surface area contributed by atoms with Crippen LogP contribution >= 0.6 is 0 Å². The minimum absolute atomic E-state index is 0.212. The molecule has 0 saturated carbocycles. The second kappa shape index (κ2) is 4.35. The maximum absolute atomic E-state index is 13.2. The molecule has 2 rings (SSSR count). The summed E-state index contributed by atoms with van der Waals surface area (Å²) in [6.45, 7) is 1.97. The van der Waals surface area contributed by atoms with Gasteiger partial charge in [0.1, 0.15) is 11.6 Å². The van der Waals surface area contributed by atoms with Gasteiger partial charge in [0.2, 0.25) is 0 Å². The van der Waals surface area contributed by atoms with E-state index in [0.717, 1.165) is 22.4 Å². The zero-order valence-corrected chi connectivity index (χ0v) is 9.33. The van der Waals surface area contributed by atoms with Gasteiger partial charge in [0, 0.05) is 0 Å². The van der Waals surface area contributed by atoms with Crippen molar-refractivity contribution in [2.45, 2.75) is 6.92 Å². The third-order valence-electron chi connectivity index (χ3n) is 2.60. The minimum atomic E-state index is -0.212. The van der Waals surface area contributed by atoms with E-state index in [0.29, 0.717) is 0 Å². The Hall–Kier alpha value is -1.83. The van der Waals surface area contributed by atoms with Crippen LogP contribution in [0.4, 0.5) is 4.39 Å². The van der Waals surface area contributed by atoms with Gasteiger partial charge < -0.3 is 4.74 Å². The Morgan fingerprint density at radius 1 is 1.00 bits per heavy atom. The maximum Gasteiger partial charge on any atom is 0.123 e. The van der Waals surface area contributed by atoms with E-state index in [1.807, 2.05) is 31.2 Å². The van der Waals surface area contributed by atoms with Crippen molar-refractivity contribution in [1.29, 1.82) is 0 Å². The summed E-state index contributed by atoms with van der Waals surface area (Å²) in [6, 6.07) is 12.4. The van der Waals surface area contributed by atoms with E-state index < -0.39 is 0 Å². The molecule has 16 heavy (non-hydrogen) atoms. The zero-order valence-electron chi connectivity index (χ0n) is 9.33. The Labute approximate surface area is 94.5 Å². The molecule has 0 unspecified atom stereocenters. The molecule has 2 aromatic rings. The molecule has 0 atom stereocenters. The summed E-state index contributed by atoms with van der Waals surface area (Å²) < 4.78 is 18.2. The Kier molecular flexibility index (Phi) is 2.91. The fourth-order valence-corrected chi connectivity index (χ4v) is 1.68. The monoisotopic (exact) mass is 216 g/mol. The molecule has 0 radical (unpaired) electrons. The standard InChI is InChI=1S/C14H13FO/c1-10-3-6-12(15)9-14(10)11-4-7-13(16-2)8-5-11/h3-9H,1-2H3. The first-order valence-corrected chi connectivity index (χ1v) is 5.11. The number of rotatable bonds is 2. The molecular formula is C14H13FO. The molecule has 0 heterocycles. The van der Waals surface area contributed by atoms with Crippen molar-refractivity contribution in [1.82, 2.24) is 0 Å². The quantitative estimate of drug-likeness (QED) is 0.741. The van der Waals surface area contributed by atoms with Crippen LogP contribution in [0, 0.1) is 12.7 Å². The molecule has 1 nitrogen and oxygen atoms in total. The van der Waals surface area contributed by atoms with Crippen molar-refractivity contribution in [3.05, 3.63) is 53.8 Å². The van der Waals surface area contributed by atoms with Crippen LogP contribution < -0.4 is 4.74 Å². The van der Waals surface area contributed by atoms with Gasteiger partial charge in [0.25, 0.3) is 0 Å². The first-order chi connectivity index (χ1) is 7.70. The summed E-state index contributed by atoms with van der Waals surface area (Å²) in [4.78, 5) is 0. The average molecular weight is 216 g/mol. The minimum Gasteiger partial charge on any atom is -0.497 e. The highest BCUT2D eigenvalue weighted by Crippen LogP contribution is 2.25. The summed E-state index contributed by atoms with van der Waals surface area (Å²) in [5.74, 6) is 0.592. The van der Waals surface area contributed by atoms with Crippen LogP contribution in [-0.2, 0) is 0 Å². The van der Waals surface area contributed by atoms with Crippen LogP contribution in [-0.4, -0.2) is 7.11 Å². The van der Waals surface area contributed by atoms with E-state index in [1.165, 1.54) is 6.07 Å². The number of ether oxygens (including phenoxy) is 1. The molecule has 0 fully saturated rings. The molecular weight excluding hydrogens is 203 g/mol. The first-order valence-electron chi connectivity index (χ1n) is 5.11. The van der Waals surface area contributed by atoms with Crippen molar-refractivity contribution < 1.29 is 9.13 Å². The lowest BCUT2D eigenvalue weighted by atomic mass is 10.0. The van der Waals surface area contributed by atoms with Gasteiger partial charge in [-0.3, -0.25) is 0 Å². The Bertz CT molecular complexity index is 489. The fraction of sp³-hybridized carbons (Fsp3) is 0.143. The first kappa shape index (κ1) is 10.7. The fourth-order valence-electron chi connectivity index (χ4n) is 1.68. The van der Waals surface area contributed by atoms with E-state index in [1.54, 1.807) is 19.2 Å². The Morgan fingerprint density at radius 2 is 1.69 bits per heavy atom. The molecule has 0 amide bonds. The Morgan fingerprint density at radius 3 is 2.31 bits per heavy atom. The van der Waals surface area contributed by atoms with Gasteiger partial charge in [-0.2, -0.15) is 0 Å². The molecule has 0 N–H and O–H groups in total. The van der Waals surface area contributed by atoms with Gasteiger partial charge in [-0.25, -0.2) is 4.39 Å².